The van der Waals surface area contributed by atoms with Crippen LogP contribution in [0.3, 0.4) is 0 Å². The molecule has 5 nitrogen and oxygen atoms in total. The SMILES string of the molecule is COc1cc([N+](=O)[O-])ccc1NC(C)c1ccccc1Br. The van der Waals surface area contributed by atoms with Crippen molar-refractivity contribution in [3.8, 4) is 5.75 Å². The highest BCUT2D eigenvalue weighted by atomic mass is 79.9. The lowest BCUT2D eigenvalue weighted by atomic mass is 10.1. The molecule has 1 unspecified atom stereocenters. The minimum absolute atomic E-state index is 0.00550. The third kappa shape index (κ3) is 3.52. The van der Waals surface area contributed by atoms with Crippen LogP contribution in [0.1, 0.15) is 18.5 Å². The van der Waals surface area contributed by atoms with E-state index in [0.29, 0.717) is 11.4 Å². The molecule has 0 aliphatic rings. The van der Waals surface area contributed by atoms with E-state index in [4.69, 9.17) is 4.74 Å². The van der Waals surface area contributed by atoms with Gasteiger partial charge in [0, 0.05) is 16.6 Å². The lowest BCUT2D eigenvalue weighted by Gasteiger charge is -2.18. The van der Waals surface area contributed by atoms with E-state index in [2.05, 4.69) is 21.2 Å². The Morgan fingerprint density at radius 1 is 1.29 bits per heavy atom. The zero-order chi connectivity index (χ0) is 15.4. The smallest absolute Gasteiger partial charge is 0.273 e. The molecule has 0 fully saturated rings. The van der Waals surface area contributed by atoms with E-state index < -0.39 is 4.92 Å². The number of benzene rings is 2. The first-order chi connectivity index (χ1) is 10.0. The average molecular weight is 351 g/mol. The monoisotopic (exact) mass is 350 g/mol. The predicted octanol–water partition coefficient (Wildman–Crippen LogP) is 4.54. The van der Waals surface area contributed by atoms with E-state index in [-0.39, 0.29) is 11.7 Å². The van der Waals surface area contributed by atoms with Crippen LogP contribution in [0, 0.1) is 10.1 Å². The molecule has 0 saturated heterocycles. The summed E-state index contributed by atoms with van der Waals surface area (Å²) in [4.78, 5) is 10.4. The molecule has 6 heteroatoms. The van der Waals surface area contributed by atoms with Gasteiger partial charge in [-0.2, -0.15) is 0 Å². The van der Waals surface area contributed by atoms with Crippen molar-refractivity contribution in [2.24, 2.45) is 0 Å². The van der Waals surface area contributed by atoms with Gasteiger partial charge in [0.05, 0.1) is 23.8 Å². The zero-order valence-corrected chi connectivity index (χ0v) is 13.3. The maximum Gasteiger partial charge on any atom is 0.273 e. The molecule has 0 aliphatic carbocycles. The quantitative estimate of drug-likeness (QED) is 0.635. The van der Waals surface area contributed by atoms with E-state index >= 15 is 0 Å². The maximum atomic E-state index is 10.8. The number of ether oxygens (including phenoxy) is 1. The van der Waals surface area contributed by atoms with Gasteiger partial charge in [0.1, 0.15) is 5.75 Å². The lowest BCUT2D eigenvalue weighted by molar-refractivity contribution is -0.384. The molecule has 1 atom stereocenters. The van der Waals surface area contributed by atoms with Crippen LogP contribution in [0.2, 0.25) is 0 Å². The van der Waals surface area contributed by atoms with Crippen LogP contribution in [0.25, 0.3) is 0 Å². The van der Waals surface area contributed by atoms with Crippen LogP contribution in [-0.4, -0.2) is 12.0 Å². The fraction of sp³-hybridized carbons (Fsp3) is 0.200. The predicted molar refractivity (Wildman–Crippen MR) is 85.8 cm³/mol. The normalized spacial score (nSPS) is 11.8. The zero-order valence-electron chi connectivity index (χ0n) is 11.7. The topological polar surface area (TPSA) is 64.4 Å². The van der Waals surface area contributed by atoms with Crippen LogP contribution in [0.15, 0.2) is 46.9 Å². The Bertz CT molecular complexity index is 661. The fourth-order valence-electron chi connectivity index (χ4n) is 2.05. The molecule has 0 radical (unpaired) electrons. The number of non-ortho nitro benzene ring substituents is 1. The van der Waals surface area contributed by atoms with Gasteiger partial charge in [-0.1, -0.05) is 34.1 Å². The summed E-state index contributed by atoms with van der Waals surface area (Å²) in [5.74, 6) is 0.447. The Hall–Kier alpha value is -2.08. The number of rotatable bonds is 5. The molecule has 2 aromatic carbocycles. The summed E-state index contributed by atoms with van der Waals surface area (Å²) in [6.07, 6.45) is 0. The van der Waals surface area contributed by atoms with Gasteiger partial charge in [0.15, 0.2) is 0 Å². The first kappa shape index (κ1) is 15.3. The van der Waals surface area contributed by atoms with Crippen molar-refractivity contribution < 1.29 is 9.66 Å². The summed E-state index contributed by atoms with van der Waals surface area (Å²) in [7, 11) is 1.49. The third-order valence-corrected chi connectivity index (χ3v) is 3.86. The van der Waals surface area contributed by atoms with Gasteiger partial charge in [0.25, 0.3) is 5.69 Å². The van der Waals surface area contributed by atoms with Crippen molar-refractivity contribution in [1.29, 1.82) is 0 Å². The average Bonchev–Trinajstić information content (AvgIpc) is 2.47. The molecule has 0 heterocycles. The second-order valence-electron chi connectivity index (χ2n) is 4.53. The third-order valence-electron chi connectivity index (χ3n) is 3.14. The molecule has 0 aliphatic heterocycles. The van der Waals surface area contributed by atoms with Gasteiger partial charge in [0.2, 0.25) is 0 Å². The molecule has 0 saturated carbocycles. The number of halogens is 1. The Kier molecular flexibility index (Phi) is 4.80. The number of nitrogens with zero attached hydrogens (tertiary/aromatic N) is 1. The Balaban J connectivity index is 2.27. The summed E-state index contributed by atoms with van der Waals surface area (Å²) in [6.45, 7) is 2.01. The maximum absolute atomic E-state index is 10.8. The first-order valence-corrected chi connectivity index (χ1v) is 7.15. The number of hydrogen-bond acceptors (Lipinski definition) is 4. The first-order valence-electron chi connectivity index (χ1n) is 6.36. The minimum atomic E-state index is -0.441. The molecule has 2 aromatic rings. The second-order valence-corrected chi connectivity index (χ2v) is 5.38. The van der Waals surface area contributed by atoms with Crippen molar-refractivity contribution in [3.63, 3.8) is 0 Å². The summed E-state index contributed by atoms with van der Waals surface area (Å²) in [5, 5.41) is 14.1. The van der Waals surface area contributed by atoms with Crippen molar-refractivity contribution in [1.82, 2.24) is 0 Å². The Morgan fingerprint density at radius 3 is 2.62 bits per heavy atom. The summed E-state index contributed by atoms with van der Waals surface area (Å²) >= 11 is 3.52. The molecule has 1 N–H and O–H groups in total. The van der Waals surface area contributed by atoms with Crippen LogP contribution in [-0.2, 0) is 0 Å². The Labute approximate surface area is 131 Å². The van der Waals surface area contributed by atoms with Crippen molar-refractivity contribution in [2.75, 3.05) is 12.4 Å². The molecule has 0 spiro atoms. The van der Waals surface area contributed by atoms with E-state index in [1.165, 1.54) is 19.2 Å². The van der Waals surface area contributed by atoms with Gasteiger partial charge in [-0.15, -0.1) is 0 Å². The highest BCUT2D eigenvalue weighted by Gasteiger charge is 2.14. The number of methoxy groups -OCH3 is 1. The van der Waals surface area contributed by atoms with Crippen molar-refractivity contribution in [3.05, 3.63) is 62.6 Å². The summed E-state index contributed by atoms with van der Waals surface area (Å²) in [5.41, 5.74) is 1.82. The number of anilines is 1. The van der Waals surface area contributed by atoms with Crippen LogP contribution >= 0.6 is 15.9 Å². The molecule has 0 bridgehead atoms. The lowest BCUT2D eigenvalue weighted by Crippen LogP contribution is -2.08. The fourth-order valence-corrected chi connectivity index (χ4v) is 2.68. The van der Waals surface area contributed by atoms with E-state index in [1.807, 2.05) is 31.2 Å². The standard InChI is InChI=1S/C15H15BrN2O3/c1-10(12-5-3-4-6-13(12)16)17-14-8-7-11(18(19)20)9-15(14)21-2/h3-10,17H,1-2H3. The van der Waals surface area contributed by atoms with Gasteiger partial charge in [-0.05, 0) is 24.6 Å². The number of hydrogen-bond donors (Lipinski definition) is 1. The second kappa shape index (κ2) is 6.58. The van der Waals surface area contributed by atoms with Crippen LogP contribution in [0.4, 0.5) is 11.4 Å². The van der Waals surface area contributed by atoms with Crippen molar-refractivity contribution >= 4 is 27.3 Å². The van der Waals surface area contributed by atoms with Gasteiger partial charge in [-0.25, -0.2) is 0 Å². The number of nitrogens with one attached hydrogen (secondary N) is 1. The van der Waals surface area contributed by atoms with E-state index in [0.717, 1.165) is 10.0 Å². The van der Waals surface area contributed by atoms with Crippen LogP contribution in [0.5, 0.6) is 5.75 Å². The van der Waals surface area contributed by atoms with Gasteiger partial charge in [-0.3, -0.25) is 10.1 Å². The molecule has 21 heavy (non-hydrogen) atoms. The molecule has 0 amide bonds. The van der Waals surface area contributed by atoms with Crippen LogP contribution < -0.4 is 10.1 Å². The molecular formula is C15H15BrN2O3. The summed E-state index contributed by atoms with van der Waals surface area (Å²) < 4.78 is 6.23. The van der Waals surface area contributed by atoms with E-state index in [1.54, 1.807) is 6.07 Å². The highest BCUT2D eigenvalue weighted by molar-refractivity contribution is 9.10. The summed E-state index contributed by atoms with van der Waals surface area (Å²) in [6, 6.07) is 12.4. The Morgan fingerprint density at radius 2 is 2.00 bits per heavy atom. The number of nitro groups is 1. The van der Waals surface area contributed by atoms with Gasteiger partial charge >= 0.3 is 0 Å². The van der Waals surface area contributed by atoms with Gasteiger partial charge < -0.3 is 10.1 Å². The van der Waals surface area contributed by atoms with Crippen molar-refractivity contribution in [2.45, 2.75) is 13.0 Å². The minimum Gasteiger partial charge on any atom is -0.494 e. The highest BCUT2D eigenvalue weighted by Crippen LogP contribution is 2.33. The van der Waals surface area contributed by atoms with E-state index in [9.17, 15) is 10.1 Å². The number of nitro benzene ring substituents is 1. The largest absolute Gasteiger partial charge is 0.494 e. The molecular weight excluding hydrogens is 336 g/mol. The molecule has 0 aromatic heterocycles. The molecule has 110 valence electrons. The molecule has 2 rings (SSSR count).